The van der Waals surface area contributed by atoms with E-state index in [-0.39, 0.29) is 11.8 Å². The molecule has 0 unspecified atom stereocenters. The normalized spacial score (nSPS) is 14.2. The van der Waals surface area contributed by atoms with Gasteiger partial charge in [0.25, 0.3) is 11.8 Å². The number of ether oxygens (including phenoxy) is 1. The number of anilines is 1. The third kappa shape index (κ3) is 3.88. The van der Waals surface area contributed by atoms with Gasteiger partial charge < -0.3 is 15.0 Å². The highest BCUT2D eigenvalue weighted by atomic mass is 32.1. The summed E-state index contributed by atoms with van der Waals surface area (Å²) in [5.74, 6) is -0.326. The lowest BCUT2D eigenvalue weighted by molar-refractivity contribution is 0.0307. The molecule has 4 rings (SSSR count). The molecule has 0 spiro atoms. The SMILES string of the molecule is Cc1ccc(C(=O)Nc2c(C(=O)N3CCOCC3)sc3nc(C)cc(C)c23)cc1. The standard InChI is InChI=1S/C22H23N3O3S/c1-13-4-6-16(7-5-13)20(26)24-18-17-14(2)12-15(3)23-21(17)29-19(18)22(27)25-8-10-28-11-9-25/h4-7,12H,8-11H2,1-3H3,(H,24,26). The minimum absolute atomic E-state index is 0.0902. The fraction of sp³-hybridized carbons (Fsp3) is 0.318. The molecule has 2 amide bonds. The number of nitrogens with one attached hydrogen (secondary N) is 1. The van der Waals surface area contributed by atoms with Crippen molar-refractivity contribution in [2.24, 2.45) is 0 Å². The van der Waals surface area contributed by atoms with Crippen LogP contribution in [0.4, 0.5) is 5.69 Å². The number of pyridine rings is 1. The molecule has 0 aliphatic carbocycles. The Morgan fingerprint density at radius 1 is 1.10 bits per heavy atom. The average molecular weight is 410 g/mol. The van der Waals surface area contributed by atoms with Crippen LogP contribution in [0.1, 0.15) is 36.9 Å². The third-order valence-corrected chi connectivity index (χ3v) is 6.10. The van der Waals surface area contributed by atoms with Crippen LogP contribution in [0, 0.1) is 20.8 Å². The Balaban J connectivity index is 1.78. The summed E-state index contributed by atoms with van der Waals surface area (Å²) in [6, 6.07) is 9.35. The minimum Gasteiger partial charge on any atom is -0.378 e. The van der Waals surface area contributed by atoms with E-state index in [2.05, 4.69) is 10.3 Å². The Bertz CT molecular complexity index is 1080. The van der Waals surface area contributed by atoms with Crippen LogP contribution < -0.4 is 5.32 Å². The minimum atomic E-state index is -0.235. The average Bonchev–Trinajstić information content (AvgIpc) is 3.06. The summed E-state index contributed by atoms with van der Waals surface area (Å²) in [6.45, 7) is 8.03. The number of hydrogen-bond acceptors (Lipinski definition) is 5. The number of thiophene rings is 1. The van der Waals surface area contributed by atoms with Gasteiger partial charge in [-0.15, -0.1) is 11.3 Å². The molecule has 1 aromatic carbocycles. The van der Waals surface area contributed by atoms with Crippen LogP contribution in [-0.4, -0.2) is 48.0 Å². The first-order valence-electron chi connectivity index (χ1n) is 9.60. The van der Waals surface area contributed by atoms with Crippen molar-refractivity contribution in [3.8, 4) is 0 Å². The Hall–Kier alpha value is -2.77. The molecular formula is C22H23N3O3S. The lowest BCUT2D eigenvalue weighted by Crippen LogP contribution is -2.40. The fourth-order valence-corrected chi connectivity index (χ4v) is 4.73. The molecule has 0 bridgehead atoms. The molecule has 3 aromatic rings. The van der Waals surface area contributed by atoms with Crippen LogP contribution in [0.5, 0.6) is 0 Å². The van der Waals surface area contributed by atoms with Crippen LogP contribution in [0.3, 0.4) is 0 Å². The molecule has 6 nitrogen and oxygen atoms in total. The quantitative estimate of drug-likeness (QED) is 0.711. The number of benzene rings is 1. The Morgan fingerprint density at radius 2 is 1.79 bits per heavy atom. The zero-order chi connectivity index (χ0) is 20.5. The molecule has 0 radical (unpaired) electrons. The molecule has 29 heavy (non-hydrogen) atoms. The number of hydrogen-bond donors (Lipinski definition) is 1. The van der Waals surface area contributed by atoms with E-state index in [0.717, 1.165) is 27.0 Å². The second-order valence-corrected chi connectivity index (χ2v) is 8.29. The van der Waals surface area contributed by atoms with Gasteiger partial charge in [0.2, 0.25) is 0 Å². The summed E-state index contributed by atoms with van der Waals surface area (Å²) in [5.41, 5.74) is 4.07. The number of carbonyl (C=O) groups is 2. The van der Waals surface area contributed by atoms with Gasteiger partial charge in [0.15, 0.2) is 0 Å². The molecule has 2 aromatic heterocycles. The molecule has 150 valence electrons. The predicted molar refractivity (Wildman–Crippen MR) is 115 cm³/mol. The highest BCUT2D eigenvalue weighted by molar-refractivity contribution is 7.21. The van der Waals surface area contributed by atoms with Crippen LogP contribution in [-0.2, 0) is 4.74 Å². The third-order valence-electron chi connectivity index (χ3n) is 5.03. The molecule has 3 heterocycles. The topological polar surface area (TPSA) is 71.5 Å². The number of carbonyl (C=O) groups excluding carboxylic acids is 2. The molecule has 1 aliphatic rings. The zero-order valence-corrected chi connectivity index (χ0v) is 17.6. The lowest BCUT2D eigenvalue weighted by Gasteiger charge is -2.26. The molecule has 0 atom stereocenters. The predicted octanol–water partition coefficient (Wildman–Crippen LogP) is 3.95. The Kier molecular flexibility index (Phi) is 5.34. The summed E-state index contributed by atoms with van der Waals surface area (Å²) in [6.07, 6.45) is 0. The van der Waals surface area contributed by atoms with Crippen molar-refractivity contribution in [3.63, 3.8) is 0 Å². The van der Waals surface area contributed by atoms with Crippen molar-refractivity contribution >= 4 is 39.1 Å². The van der Waals surface area contributed by atoms with Crippen molar-refractivity contribution < 1.29 is 14.3 Å². The second-order valence-electron chi connectivity index (χ2n) is 7.29. The van der Waals surface area contributed by atoms with E-state index in [1.54, 1.807) is 17.0 Å². The monoisotopic (exact) mass is 409 g/mol. The lowest BCUT2D eigenvalue weighted by atomic mass is 10.1. The van der Waals surface area contributed by atoms with E-state index in [1.165, 1.54) is 11.3 Å². The van der Waals surface area contributed by atoms with Gasteiger partial charge in [-0.2, -0.15) is 0 Å². The maximum absolute atomic E-state index is 13.3. The maximum atomic E-state index is 13.3. The molecule has 0 saturated carbocycles. The largest absolute Gasteiger partial charge is 0.378 e. The van der Waals surface area contributed by atoms with E-state index in [9.17, 15) is 9.59 Å². The fourth-order valence-electron chi connectivity index (χ4n) is 3.51. The van der Waals surface area contributed by atoms with Crippen LogP contribution in [0.2, 0.25) is 0 Å². The van der Waals surface area contributed by atoms with E-state index in [1.807, 2.05) is 39.0 Å². The number of fused-ring (bicyclic) bond motifs is 1. The van der Waals surface area contributed by atoms with Gasteiger partial charge in [0, 0.05) is 29.7 Å². The molecular weight excluding hydrogens is 386 g/mol. The van der Waals surface area contributed by atoms with Gasteiger partial charge in [0.1, 0.15) is 9.71 Å². The summed E-state index contributed by atoms with van der Waals surface area (Å²) in [4.78, 5) is 33.8. The summed E-state index contributed by atoms with van der Waals surface area (Å²) in [7, 11) is 0. The number of aromatic nitrogens is 1. The van der Waals surface area contributed by atoms with Gasteiger partial charge in [-0.1, -0.05) is 17.7 Å². The van der Waals surface area contributed by atoms with Gasteiger partial charge in [-0.25, -0.2) is 4.98 Å². The van der Waals surface area contributed by atoms with Crippen molar-refractivity contribution in [1.29, 1.82) is 0 Å². The molecule has 1 fully saturated rings. The van der Waals surface area contributed by atoms with Gasteiger partial charge in [-0.3, -0.25) is 9.59 Å². The number of nitrogens with zero attached hydrogens (tertiary/aromatic N) is 2. The van der Waals surface area contributed by atoms with Crippen molar-refractivity contribution in [1.82, 2.24) is 9.88 Å². The van der Waals surface area contributed by atoms with E-state index in [0.29, 0.717) is 42.4 Å². The molecule has 1 saturated heterocycles. The highest BCUT2D eigenvalue weighted by Gasteiger charge is 2.27. The molecule has 1 N–H and O–H groups in total. The summed E-state index contributed by atoms with van der Waals surface area (Å²) >= 11 is 1.34. The summed E-state index contributed by atoms with van der Waals surface area (Å²) < 4.78 is 5.37. The second kappa shape index (κ2) is 7.93. The number of morpholine rings is 1. The number of aryl methyl sites for hydroxylation is 3. The van der Waals surface area contributed by atoms with E-state index in [4.69, 9.17) is 4.74 Å². The van der Waals surface area contributed by atoms with Crippen molar-refractivity contribution in [3.05, 3.63) is 57.6 Å². The zero-order valence-electron chi connectivity index (χ0n) is 16.7. The van der Waals surface area contributed by atoms with Gasteiger partial charge in [0.05, 0.1) is 18.9 Å². The highest BCUT2D eigenvalue weighted by Crippen LogP contribution is 2.38. The van der Waals surface area contributed by atoms with E-state index < -0.39 is 0 Å². The van der Waals surface area contributed by atoms with Crippen LogP contribution in [0.15, 0.2) is 30.3 Å². The van der Waals surface area contributed by atoms with E-state index >= 15 is 0 Å². The number of amides is 2. The van der Waals surface area contributed by atoms with Gasteiger partial charge in [-0.05, 0) is 44.5 Å². The van der Waals surface area contributed by atoms with Gasteiger partial charge >= 0.3 is 0 Å². The number of rotatable bonds is 3. The molecule has 7 heteroatoms. The molecule has 1 aliphatic heterocycles. The Labute approximate surface area is 173 Å². The smallest absolute Gasteiger partial charge is 0.266 e. The first-order valence-corrected chi connectivity index (χ1v) is 10.4. The van der Waals surface area contributed by atoms with Crippen LogP contribution in [0.25, 0.3) is 10.2 Å². The van der Waals surface area contributed by atoms with Crippen molar-refractivity contribution in [2.75, 3.05) is 31.6 Å². The first-order chi connectivity index (χ1) is 13.9. The van der Waals surface area contributed by atoms with Crippen LogP contribution >= 0.6 is 11.3 Å². The Morgan fingerprint density at radius 3 is 2.48 bits per heavy atom. The van der Waals surface area contributed by atoms with Crippen molar-refractivity contribution in [2.45, 2.75) is 20.8 Å². The maximum Gasteiger partial charge on any atom is 0.266 e. The first kappa shape index (κ1) is 19.5. The summed E-state index contributed by atoms with van der Waals surface area (Å²) in [5, 5.41) is 3.83.